The molecule has 0 aliphatic rings. The first-order valence-corrected chi connectivity index (χ1v) is 6.36. The number of aryl methyl sites for hydroxylation is 3. The summed E-state index contributed by atoms with van der Waals surface area (Å²) in [7, 11) is 0. The number of thiocarbonyl (C=S) groups is 1. The highest BCUT2D eigenvalue weighted by atomic mass is 32.1. The van der Waals surface area contributed by atoms with E-state index in [0.717, 1.165) is 11.4 Å². The normalized spacial score (nSPS) is 10.3. The van der Waals surface area contributed by atoms with Gasteiger partial charge in [0.2, 0.25) is 5.95 Å². The molecule has 0 atom stereocenters. The van der Waals surface area contributed by atoms with E-state index < -0.39 is 0 Å². The fraction of sp³-hybridized carbons (Fsp3) is 0.214. The molecule has 1 aromatic carbocycles. The molecular formula is C14H16N4S. The molecule has 0 saturated heterocycles. The minimum absolute atomic E-state index is 0.272. The molecule has 4 nitrogen and oxygen atoms in total. The van der Waals surface area contributed by atoms with Crippen LogP contribution in [0.15, 0.2) is 24.3 Å². The van der Waals surface area contributed by atoms with Crippen molar-refractivity contribution in [1.82, 2.24) is 9.97 Å². The van der Waals surface area contributed by atoms with Crippen LogP contribution in [0, 0.1) is 20.8 Å². The number of hydrogen-bond acceptors (Lipinski definition) is 4. The van der Waals surface area contributed by atoms with Crippen molar-refractivity contribution in [1.29, 1.82) is 0 Å². The maximum atomic E-state index is 5.60. The molecule has 0 fully saturated rings. The summed E-state index contributed by atoms with van der Waals surface area (Å²) in [6, 6.07) is 7.88. The lowest BCUT2D eigenvalue weighted by atomic mass is 10.1. The van der Waals surface area contributed by atoms with E-state index in [-0.39, 0.29) is 4.99 Å². The van der Waals surface area contributed by atoms with Gasteiger partial charge in [-0.2, -0.15) is 0 Å². The molecule has 0 unspecified atom stereocenters. The van der Waals surface area contributed by atoms with Crippen molar-refractivity contribution < 1.29 is 0 Å². The highest BCUT2D eigenvalue weighted by molar-refractivity contribution is 7.80. The molecular weight excluding hydrogens is 256 g/mol. The Kier molecular flexibility index (Phi) is 3.76. The van der Waals surface area contributed by atoms with Crippen molar-refractivity contribution in [3.05, 3.63) is 46.8 Å². The number of benzene rings is 1. The smallest absolute Gasteiger partial charge is 0.228 e. The standard InChI is InChI=1S/C14H16N4S/c1-8-4-5-11(6-9(8)2)17-14-16-10(3)7-12(18-14)13(15)19/h4-7H,1-3H3,(H2,15,19)(H,16,17,18). The summed E-state index contributed by atoms with van der Waals surface area (Å²) in [5, 5.41) is 3.17. The summed E-state index contributed by atoms with van der Waals surface area (Å²) < 4.78 is 0. The lowest BCUT2D eigenvalue weighted by Gasteiger charge is -2.09. The minimum Gasteiger partial charge on any atom is -0.388 e. The number of nitrogens with two attached hydrogens (primary N) is 1. The Morgan fingerprint density at radius 3 is 2.47 bits per heavy atom. The van der Waals surface area contributed by atoms with E-state index in [0.29, 0.717) is 11.6 Å². The second kappa shape index (κ2) is 5.32. The molecule has 2 aromatic rings. The first kappa shape index (κ1) is 13.4. The zero-order valence-corrected chi connectivity index (χ0v) is 12.0. The van der Waals surface area contributed by atoms with Crippen LogP contribution < -0.4 is 11.1 Å². The molecule has 0 aliphatic carbocycles. The predicted molar refractivity (Wildman–Crippen MR) is 81.9 cm³/mol. The van der Waals surface area contributed by atoms with Crippen LogP contribution in [-0.2, 0) is 0 Å². The number of nitrogens with one attached hydrogen (secondary N) is 1. The summed E-state index contributed by atoms with van der Waals surface area (Å²) in [5.41, 5.74) is 10.4. The number of anilines is 2. The molecule has 19 heavy (non-hydrogen) atoms. The van der Waals surface area contributed by atoms with E-state index in [1.165, 1.54) is 11.1 Å². The Bertz CT molecular complexity index is 637. The van der Waals surface area contributed by atoms with Crippen LogP contribution >= 0.6 is 12.2 Å². The number of rotatable bonds is 3. The molecule has 0 aliphatic heterocycles. The van der Waals surface area contributed by atoms with Crippen molar-refractivity contribution in [3.8, 4) is 0 Å². The highest BCUT2D eigenvalue weighted by Gasteiger charge is 2.05. The van der Waals surface area contributed by atoms with Gasteiger partial charge in [0.15, 0.2) is 0 Å². The molecule has 0 bridgehead atoms. The fourth-order valence-electron chi connectivity index (χ4n) is 1.70. The first-order valence-electron chi connectivity index (χ1n) is 5.95. The predicted octanol–water partition coefficient (Wildman–Crippen LogP) is 2.78. The van der Waals surface area contributed by atoms with Gasteiger partial charge in [-0.3, -0.25) is 0 Å². The molecule has 0 radical (unpaired) electrons. The third-order valence-electron chi connectivity index (χ3n) is 2.87. The zero-order valence-electron chi connectivity index (χ0n) is 11.2. The Morgan fingerprint density at radius 2 is 1.84 bits per heavy atom. The first-order chi connectivity index (χ1) is 8.95. The van der Waals surface area contributed by atoms with E-state index in [4.69, 9.17) is 18.0 Å². The van der Waals surface area contributed by atoms with Gasteiger partial charge in [0.1, 0.15) is 10.7 Å². The van der Waals surface area contributed by atoms with Crippen molar-refractivity contribution >= 4 is 28.8 Å². The van der Waals surface area contributed by atoms with Crippen LogP contribution in [0.3, 0.4) is 0 Å². The lowest BCUT2D eigenvalue weighted by Crippen LogP contribution is -2.13. The molecule has 3 N–H and O–H groups in total. The van der Waals surface area contributed by atoms with Gasteiger partial charge in [-0.25, -0.2) is 9.97 Å². The second-order valence-corrected chi connectivity index (χ2v) is 4.95. The molecule has 2 rings (SSSR count). The molecule has 5 heteroatoms. The lowest BCUT2D eigenvalue weighted by molar-refractivity contribution is 1.09. The van der Waals surface area contributed by atoms with Gasteiger partial charge in [-0.05, 0) is 50.1 Å². The molecule has 0 spiro atoms. The Morgan fingerprint density at radius 1 is 1.11 bits per heavy atom. The number of aromatic nitrogens is 2. The topological polar surface area (TPSA) is 63.8 Å². The van der Waals surface area contributed by atoms with E-state index in [1.807, 2.05) is 13.0 Å². The van der Waals surface area contributed by atoms with Crippen LogP contribution in [-0.4, -0.2) is 15.0 Å². The van der Waals surface area contributed by atoms with E-state index >= 15 is 0 Å². The summed E-state index contributed by atoms with van der Waals surface area (Å²) in [6.07, 6.45) is 0. The van der Waals surface area contributed by atoms with Crippen LogP contribution in [0.1, 0.15) is 22.5 Å². The van der Waals surface area contributed by atoms with Gasteiger partial charge in [-0.1, -0.05) is 18.3 Å². The third-order valence-corrected chi connectivity index (χ3v) is 3.08. The molecule has 1 aromatic heterocycles. The van der Waals surface area contributed by atoms with Gasteiger partial charge >= 0.3 is 0 Å². The summed E-state index contributed by atoms with van der Waals surface area (Å²) >= 11 is 4.94. The average Bonchev–Trinajstić information content (AvgIpc) is 2.33. The Hall–Kier alpha value is -2.01. The van der Waals surface area contributed by atoms with Gasteiger partial charge < -0.3 is 11.1 Å². The third kappa shape index (κ3) is 3.26. The Balaban J connectivity index is 2.32. The molecule has 0 saturated carbocycles. The van der Waals surface area contributed by atoms with Gasteiger partial charge in [0.05, 0.1) is 0 Å². The van der Waals surface area contributed by atoms with Crippen molar-refractivity contribution in [2.45, 2.75) is 20.8 Å². The second-order valence-electron chi connectivity index (χ2n) is 4.51. The van der Waals surface area contributed by atoms with Crippen molar-refractivity contribution in [2.24, 2.45) is 5.73 Å². The molecule has 1 heterocycles. The SMILES string of the molecule is Cc1cc(C(N)=S)nc(Nc2ccc(C)c(C)c2)n1. The van der Waals surface area contributed by atoms with Gasteiger partial charge in [0.25, 0.3) is 0 Å². The van der Waals surface area contributed by atoms with Gasteiger partial charge in [0, 0.05) is 11.4 Å². The van der Waals surface area contributed by atoms with E-state index in [9.17, 15) is 0 Å². The summed E-state index contributed by atoms with van der Waals surface area (Å²) in [5.74, 6) is 0.506. The number of hydrogen-bond donors (Lipinski definition) is 2. The van der Waals surface area contributed by atoms with Crippen molar-refractivity contribution in [2.75, 3.05) is 5.32 Å². The monoisotopic (exact) mass is 272 g/mol. The zero-order chi connectivity index (χ0) is 14.0. The van der Waals surface area contributed by atoms with E-state index in [2.05, 4.69) is 41.3 Å². The van der Waals surface area contributed by atoms with E-state index in [1.54, 1.807) is 6.07 Å². The van der Waals surface area contributed by atoms with Crippen molar-refractivity contribution in [3.63, 3.8) is 0 Å². The molecule has 0 amide bonds. The number of nitrogens with zero attached hydrogens (tertiary/aromatic N) is 2. The largest absolute Gasteiger partial charge is 0.388 e. The highest BCUT2D eigenvalue weighted by Crippen LogP contribution is 2.17. The fourth-order valence-corrected chi connectivity index (χ4v) is 1.80. The summed E-state index contributed by atoms with van der Waals surface area (Å²) in [4.78, 5) is 8.89. The maximum Gasteiger partial charge on any atom is 0.228 e. The minimum atomic E-state index is 0.272. The molecule has 98 valence electrons. The summed E-state index contributed by atoms with van der Waals surface area (Å²) in [6.45, 7) is 6.03. The Labute approximate surface area is 118 Å². The maximum absolute atomic E-state index is 5.60. The van der Waals surface area contributed by atoms with Crippen LogP contribution in [0.25, 0.3) is 0 Å². The quantitative estimate of drug-likeness (QED) is 0.841. The average molecular weight is 272 g/mol. The van der Waals surface area contributed by atoms with Crippen LogP contribution in [0.5, 0.6) is 0 Å². The van der Waals surface area contributed by atoms with Crippen LogP contribution in [0.2, 0.25) is 0 Å². The van der Waals surface area contributed by atoms with Crippen LogP contribution in [0.4, 0.5) is 11.6 Å². The van der Waals surface area contributed by atoms with Gasteiger partial charge in [-0.15, -0.1) is 0 Å².